The molecule has 0 saturated heterocycles. The molecule has 0 radical (unpaired) electrons. The summed E-state index contributed by atoms with van der Waals surface area (Å²) in [5, 5.41) is 5.38. The predicted octanol–water partition coefficient (Wildman–Crippen LogP) is 4.57. The van der Waals surface area contributed by atoms with Crippen LogP contribution in [0.4, 0.5) is 16.2 Å². The van der Waals surface area contributed by atoms with Crippen LogP contribution in [0.25, 0.3) is 0 Å². The fourth-order valence-electron chi connectivity index (χ4n) is 2.63. The predicted molar refractivity (Wildman–Crippen MR) is 110 cm³/mol. The van der Waals surface area contributed by atoms with Crippen LogP contribution in [0.5, 0.6) is 17.2 Å². The summed E-state index contributed by atoms with van der Waals surface area (Å²) in [4.78, 5) is 24.9. The lowest BCUT2D eigenvalue weighted by Gasteiger charge is -2.13. The number of hydrogen-bond acceptors (Lipinski definition) is 5. The number of hydrogen-bond donors (Lipinski definition) is 2. The van der Waals surface area contributed by atoms with Gasteiger partial charge in [-0.25, -0.2) is 4.79 Å². The number of para-hydroxylation sites is 2. The third-order valence-corrected chi connectivity index (χ3v) is 4.00. The monoisotopic (exact) mass is 392 g/mol. The maximum atomic E-state index is 12.8. The van der Waals surface area contributed by atoms with Crippen molar-refractivity contribution in [2.75, 3.05) is 24.9 Å². The summed E-state index contributed by atoms with van der Waals surface area (Å²) >= 11 is 0. The number of rotatable bonds is 6. The summed E-state index contributed by atoms with van der Waals surface area (Å²) in [6, 6.07) is 20.3. The summed E-state index contributed by atoms with van der Waals surface area (Å²) < 4.78 is 15.7. The molecule has 0 unspecified atom stereocenters. The van der Waals surface area contributed by atoms with Crippen molar-refractivity contribution in [2.24, 2.45) is 0 Å². The third kappa shape index (κ3) is 5.04. The van der Waals surface area contributed by atoms with E-state index < -0.39 is 12.0 Å². The number of ether oxygens (including phenoxy) is 3. The summed E-state index contributed by atoms with van der Waals surface area (Å²) in [5.74, 6) is 1.05. The normalized spacial score (nSPS) is 10.0. The molecule has 148 valence electrons. The molecule has 3 aromatic carbocycles. The number of methoxy groups -OCH3 is 2. The number of carbonyl (C=O) groups excluding carboxylic acids is 2. The fourth-order valence-corrected chi connectivity index (χ4v) is 2.63. The van der Waals surface area contributed by atoms with Crippen molar-refractivity contribution in [3.8, 4) is 17.2 Å². The lowest BCUT2D eigenvalue weighted by atomic mass is 10.1. The number of anilines is 2. The first-order chi connectivity index (χ1) is 14.1. The average molecular weight is 392 g/mol. The number of benzene rings is 3. The lowest BCUT2D eigenvalue weighted by molar-refractivity contribution is 0.102. The molecule has 2 N–H and O–H groups in total. The molecule has 29 heavy (non-hydrogen) atoms. The summed E-state index contributed by atoms with van der Waals surface area (Å²) in [7, 11) is 3.05. The van der Waals surface area contributed by atoms with Gasteiger partial charge >= 0.3 is 6.09 Å². The highest BCUT2D eigenvalue weighted by atomic mass is 16.6. The Morgan fingerprint density at radius 2 is 1.45 bits per heavy atom. The van der Waals surface area contributed by atoms with Crippen LogP contribution in [-0.2, 0) is 0 Å². The molecule has 0 saturated carbocycles. The van der Waals surface area contributed by atoms with E-state index in [4.69, 9.17) is 14.2 Å². The Kier molecular flexibility index (Phi) is 6.32. The van der Waals surface area contributed by atoms with E-state index in [0.29, 0.717) is 28.6 Å². The second-order valence-electron chi connectivity index (χ2n) is 5.90. The molecular weight excluding hydrogens is 372 g/mol. The zero-order valence-electron chi connectivity index (χ0n) is 16.0. The number of nitrogens with one attached hydrogen (secondary N) is 2. The first-order valence-corrected chi connectivity index (χ1v) is 8.77. The first-order valence-electron chi connectivity index (χ1n) is 8.77. The molecule has 0 heterocycles. The second kappa shape index (κ2) is 9.27. The van der Waals surface area contributed by atoms with Gasteiger partial charge in [0.25, 0.3) is 5.91 Å². The van der Waals surface area contributed by atoms with Crippen LogP contribution in [0.3, 0.4) is 0 Å². The highest BCUT2D eigenvalue weighted by Crippen LogP contribution is 2.30. The van der Waals surface area contributed by atoms with Gasteiger partial charge in [0.1, 0.15) is 5.75 Å². The summed E-state index contributed by atoms with van der Waals surface area (Å²) in [6.07, 6.45) is -0.692. The minimum absolute atomic E-state index is 0.285. The Hall–Kier alpha value is -4.00. The van der Waals surface area contributed by atoms with Crippen molar-refractivity contribution in [3.63, 3.8) is 0 Å². The van der Waals surface area contributed by atoms with E-state index in [1.165, 1.54) is 14.2 Å². The molecule has 7 nitrogen and oxygen atoms in total. The van der Waals surface area contributed by atoms with Crippen LogP contribution in [0.15, 0.2) is 72.8 Å². The van der Waals surface area contributed by atoms with Crippen LogP contribution in [0, 0.1) is 0 Å². The standard InChI is InChI=1S/C22H20N2O5/c1-27-19-13-12-15(14-20(19)28-2)23-21(25)17-10-6-7-11-18(17)24-22(26)29-16-8-4-3-5-9-16/h3-14H,1-2H3,(H,23,25)(H,24,26). The zero-order chi connectivity index (χ0) is 20.6. The Labute approximate surface area is 168 Å². The number of carbonyl (C=O) groups is 2. The Morgan fingerprint density at radius 3 is 2.17 bits per heavy atom. The van der Waals surface area contributed by atoms with E-state index in [1.807, 2.05) is 6.07 Å². The molecular formula is C22H20N2O5. The number of amides is 2. The van der Waals surface area contributed by atoms with E-state index in [1.54, 1.807) is 66.7 Å². The van der Waals surface area contributed by atoms with E-state index >= 15 is 0 Å². The first kappa shape index (κ1) is 19.8. The maximum Gasteiger partial charge on any atom is 0.417 e. The second-order valence-corrected chi connectivity index (χ2v) is 5.90. The largest absolute Gasteiger partial charge is 0.493 e. The molecule has 2 amide bonds. The molecule has 0 aromatic heterocycles. The van der Waals surface area contributed by atoms with Gasteiger partial charge < -0.3 is 19.5 Å². The quantitative estimate of drug-likeness (QED) is 0.642. The third-order valence-electron chi connectivity index (χ3n) is 4.00. The van der Waals surface area contributed by atoms with Crippen molar-refractivity contribution < 1.29 is 23.8 Å². The minimum Gasteiger partial charge on any atom is -0.493 e. The molecule has 0 fully saturated rings. The van der Waals surface area contributed by atoms with E-state index in [9.17, 15) is 9.59 Å². The molecule has 0 aliphatic carbocycles. The molecule has 0 spiro atoms. The van der Waals surface area contributed by atoms with E-state index in [2.05, 4.69) is 10.6 Å². The molecule has 0 aliphatic rings. The molecule has 3 rings (SSSR count). The topological polar surface area (TPSA) is 85.9 Å². The van der Waals surface area contributed by atoms with E-state index in [-0.39, 0.29) is 5.56 Å². The van der Waals surface area contributed by atoms with Crippen molar-refractivity contribution in [2.45, 2.75) is 0 Å². The molecule has 0 aliphatic heterocycles. The van der Waals surface area contributed by atoms with Gasteiger partial charge in [-0.15, -0.1) is 0 Å². The van der Waals surface area contributed by atoms with Gasteiger partial charge in [0.05, 0.1) is 25.5 Å². The van der Waals surface area contributed by atoms with Crippen molar-refractivity contribution in [1.29, 1.82) is 0 Å². The van der Waals surface area contributed by atoms with Gasteiger partial charge in [-0.3, -0.25) is 10.1 Å². The average Bonchev–Trinajstić information content (AvgIpc) is 2.74. The molecule has 7 heteroatoms. The van der Waals surface area contributed by atoms with Gasteiger partial charge in [-0.2, -0.15) is 0 Å². The van der Waals surface area contributed by atoms with Crippen LogP contribution >= 0.6 is 0 Å². The lowest BCUT2D eigenvalue weighted by Crippen LogP contribution is -2.20. The van der Waals surface area contributed by atoms with Crippen molar-refractivity contribution >= 4 is 23.4 Å². The smallest absolute Gasteiger partial charge is 0.417 e. The molecule has 0 atom stereocenters. The molecule has 3 aromatic rings. The maximum absolute atomic E-state index is 12.8. The van der Waals surface area contributed by atoms with Crippen molar-refractivity contribution in [3.05, 3.63) is 78.4 Å². The molecule has 0 bridgehead atoms. The van der Waals surface area contributed by atoms with Crippen LogP contribution in [0.2, 0.25) is 0 Å². The summed E-state index contributed by atoms with van der Waals surface area (Å²) in [5.41, 5.74) is 1.13. The summed E-state index contributed by atoms with van der Waals surface area (Å²) in [6.45, 7) is 0. The van der Waals surface area contributed by atoms with E-state index in [0.717, 1.165) is 0 Å². The Morgan fingerprint density at radius 1 is 0.759 bits per heavy atom. The van der Waals surface area contributed by atoms with Gasteiger partial charge in [0.2, 0.25) is 0 Å². The highest BCUT2D eigenvalue weighted by molar-refractivity contribution is 6.09. The Bertz CT molecular complexity index is 1010. The fraction of sp³-hybridized carbons (Fsp3) is 0.0909. The highest BCUT2D eigenvalue weighted by Gasteiger charge is 2.15. The zero-order valence-corrected chi connectivity index (χ0v) is 16.0. The SMILES string of the molecule is COc1ccc(NC(=O)c2ccccc2NC(=O)Oc2ccccc2)cc1OC. The van der Waals surface area contributed by atoms with Crippen LogP contribution in [-0.4, -0.2) is 26.2 Å². The van der Waals surface area contributed by atoms with Gasteiger partial charge in [-0.05, 0) is 36.4 Å². The van der Waals surface area contributed by atoms with Crippen molar-refractivity contribution in [1.82, 2.24) is 0 Å². The van der Waals surface area contributed by atoms with Crippen LogP contribution < -0.4 is 24.8 Å². The van der Waals surface area contributed by atoms with Crippen LogP contribution in [0.1, 0.15) is 10.4 Å². The van der Waals surface area contributed by atoms with Gasteiger partial charge in [0, 0.05) is 11.8 Å². The van der Waals surface area contributed by atoms with Gasteiger partial charge in [0.15, 0.2) is 11.5 Å². The van der Waals surface area contributed by atoms with Gasteiger partial charge in [-0.1, -0.05) is 30.3 Å². The Balaban J connectivity index is 1.74. The minimum atomic E-state index is -0.692.